The minimum absolute atomic E-state index is 0.00590. The fourth-order valence-electron chi connectivity index (χ4n) is 10.2. The first kappa shape index (κ1) is 70.1. The number of rotatable bonds is 46. The molecule has 1 amide bonds. The van der Waals surface area contributed by atoms with Crippen LogP contribution in [0, 0.1) is 0 Å². The van der Waals surface area contributed by atoms with Crippen LogP contribution >= 0.6 is 0 Å². The molecule has 1 unspecified atom stereocenters. The van der Waals surface area contributed by atoms with Gasteiger partial charge >= 0.3 is 22.3 Å². The van der Waals surface area contributed by atoms with E-state index in [0.29, 0.717) is 19.3 Å². The van der Waals surface area contributed by atoms with Crippen molar-refractivity contribution in [3.63, 3.8) is 0 Å². The van der Waals surface area contributed by atoms with Gasteiger partial charge < -0.3 is 29.1 Å². The normalized spacial score (nSPS) is 18.3. The van der Waals surface area contributed by atoms with E-state index in [1.807, 2.05) is 39.9 Å². The third-order valence-electron chi connectivity index (χ3n) is 16.1. The molecule has 1 aliphatic heterocycles. The van der Waals surface area contributed by atoms with Crippen molar-refractivity contribution in [2.24, 2.45) is 0 Å². The topological polar surface area (TPSA) is 184 Å². The predicted octanol–water partition coefficient (Wildman–Crippen LogP) is 15.6. The van der Waals surface area contributed by atoms with Crippen molar-refractivity contribution < 1.29 is 55.3 Å². The number of nitrogens with one attached hydrogen (secondary N) is 1. The number of unbranched alkanes of at least 4 members (excludes halogenated alkanes) is 26. The lowest BCUT2D eigenvalue weighted by atomic mass is 9.96. The highest BCUT2D eigenvalue weighted by atomic mass is 32.3. The molecule has 0 bridgehead atoms. The molecule has 3 N–H and O–H groups in total. The van der Waals surface area contributed by atoms with E-state index >= 15 is 0 Å². The van der Waals surface area contributed by atoms with Crippen LogP contribution in [-0.2, 0) is 60.4 Å². The molecule has 1 heterocycles. The Hall–Kier alpha value is -3.18. The SMILES string of the molecule is CCCCCCCCCCC[C@@H](CC(=O)N[C@H]1C(O)O[C@H](CO[Si](C)(C)C(C)(C)C)[C@@H](OS(=O)(=O)O)[C@@H]1OC(=O)CCCCCCCCCCCCc1ccccc1)OC(=O)CCCCCCCCCCCCc1ccccc1. The van der Waals surface area contributed by atoms with Crippen LogP contribution in [0.5, 0.6) is 0 Å². The van der Waals surface area contributed by atoms with Gasteiger partial charge in [-0.15, -0.1) is 0 Å². The van der Waals surface area contributed by atoms with Crippen LogP contribution in [0.15, 0.2) is 60.7 Å². The lowest BCUT2D eigenvalue weighted by Crippen LogP contribution is -2.66. The molecule has 0 radical (unpaired) electrons. The number of hydrogen-bond acceptors (Lipinski definition) is 11. The van der Waals surface area contributed by atoms with Gasteiger partial charge in [0.1, 0.15) is 24.4 Å². The number of aliphatic hydroxyl groups excluding tert-OH is 1. The molecule has 452 valence electrons. The molecule has 2 aromatic rings. The molecule has 0 aliphatic carbocycles. The molecular weight excluding hydrogens is 1030 g/mol. The second-order valence-electron chi connectivity index (χ2n) is 24.1. The summed E-state index contributed by atoms with van der Waals surface area (Å²) in [7, 11) is -7.67. The van der Waals surface area contributed by atoms with Crippen molar-refractivity contribution in [2.45, 2.75) is 307 Å². The van der Waals surface area contributed by atoms with Gasteiger partial charge in [0.25, 0.3) is 0 Å². The van der Waals surface area contributed by atoms with Gasteiger partial charge in [0.2, 0.25) is 5.91 Å². The summed E-state index contributed by atoms with van der Waals surface area (Å²) in [6, 6.07) is 19.7. The largest absolute Gasteiger partial charge is 0.462 e. The summed E-state index contributed by atoms with van der Waals surface area (Å²) in [4.78, 5) is 41.1. The number of hydrogen-bond donors (Lipinski definition) is 3. The van der Waals surface area contributed by atoms with Gasteiger partial charge in [0.05, 0.1) is 13.0 Å². The average Bonchev–Trinajstić information content (AvgIpc) is 3.50. The maximum atomic E-state index is 14.1. The second kappa shape index (κ2) is 40.9. The van der Waals surface area contributed by atoms with Gasteiger partial charge in [-0.05, 0) is 80.6 Å². The van der Waals surface area contributed by atoms with Crippen LogP contribution in [0.3, 0.4) is 0 Å². The van der Waals surface area contributed by atoms with Crippen LogP contribution in [-0.4, -0.2) is 87.6 Å². The molecular formula is C64H109NO12SSi. The first-order valence-electron chi connectivity index (χ1n) is 31.3. The Bertz CT molecular complexity index is 2000. The number of aliphatic hydroxyl groups is 1. The number of aryl methyl sites for hydroxylation is 2. The van der Waals surface area contributed by atoms with Crippen molar-refractivity contribution in [3.8, 4) is 0 Å². The molecule has 15 heteroatoms. The minimum Gasteiger partial charge on any atom is -0.462 e. The second-order valence-corrected chi connectivity index (χ2v) is 30.0. The number of benzene rings is 2. The summed E-state index contributed by atoms with van der Waals surface area (Å²) in [5, 5.41) is 14.1. The predicted molar refractivity (Wildman–Crippen MR) is 320 cm³/mol. The zero-order chi connectivity index (χ0) is 57.6. The van der Waals surface area contributed by atoms with Crippen LogP contribution in [0.4, 0.5) is 0 Å². The van der Waals surface area contributed by atoms with Crippen molar-refractivity contribution in [3.05, 3.63) is 71.8 Å². The average molecular weight is 1140 g/mol. The fourth-order valence-corrected chi connectivity index (χ4v) is 11.7. The number of esters is 2. The Kier molecular flexibility index (Phi) is 36.3. The van der Waals surface area contributed by atoms with Gasteiger partial charge in [-0.2, -0.15) is 8.42 Å². The van der Waals surface area contributed by atoms with Gasteiger partial charge in [0.15, 0.2) is 20.7 Å². The zero-order valence-electron chi connectivity index (χ0n) is 50.1. The van der Waals surface area contributed by atoms with Crippen LogP contribution in [0.1, 0.15) is 251 Å². The molecule has 79 heavy (non-hydrogen) atoms. The summed E-state index contributed by atoms with van der Waals surface area (Å²) >= 11 is 0. The quantitative estimate of drug-likeness (QED) is 0.0247. The number of ether oxygens (including phenoxy) is 3. The van der Waals surface area contributed by atoms with E-state index in [9.17, 15) is 32.5 Å². The van der Waals surface area contributed by atoms with Gasteiger partial charge in [-0.3, -0.25) is 18.9 Å². The zero-order valence-corrected chi connectivity index (χ0v) is 51.9. The molecule has 0 aromatic heterocycles. The van der Waals surface area contributed by atoms with E-state index in [0.717, 1.165) is 83.5 Å². The summed E-state index contributed by atoms with van der Waals surface area (Å²) in [6.45, 7) is 12.1. The van der Waals surface area contributed by atoms with Crippen molar-refractivity contribution in [1.82, 2.24) is 5.32 Å². The summed E-state index contributed by atoms with van der Waals surface area (Å²) in [5.74, 6) is -1.66. The number of amides is 1. The number of carbonyl (C=O) groups excluding carboxylic acids is 3. The Morgan fingerprint density at radius 2 is 1.03 bits per heavy atom. The molecule has 13 nitrogen and oxygen atoms in total. The first-order valence-corrected chi connectivity index (χ1v) is 35.5. The molecule has 6 atom stereocenters. The van der Waals surface area contributed by atoms with Gasteiger partial charge in [-0.25, -0.2) is 4.18 Å². The molecule has 0 spiro atoms. The Balaban J connectivity index is 1.59. The molecule has 1 aliphatic rings. The van der Waals surface area contributed by atoms with E-state index in [1.165, 1.54) is 114 Å². The molecule has 1 saturated heterocycles. The van der Waals surface area contributed by atoms with E-state index in [1.54, 1.807) is 0 Å². The molecule has 1 fully saturated rings. The van der Waals surface area contributed by atoms with Crippen molar-refractivity contribution >= 4 is 36.6 Å². The van der Waals surface area contributed by atoms with E-state index < -0.39 is 67.3 Å². The third-order valence-corrected chi connectivity index (χ3v) is 21.1. The van der Waals surface area contributed by atoms with Crippen LogP contribution < -0.4 is 5.32 Å². The Morgan fingerprint density at radius 3 is 1.47 bits per heavy atom. The van der Waals surface area contributed by atoms with Crippen LogP contribution in [0.25, 0.3) is 0 Å². The van der Waals surface area contributed by atoms with E-state index in [4.69, 9.17) is 22.8 Å². The summed E-state index contributed by atoms with van der Waals surface area (Å²) < 4.78 is 64.6. The highest BCUT2D eigenvalue weighted by molar-refractivity contribution is 7.80. The first-order chi connectivity index (χ1) is 37.9. The maximum absolute atomic E-state index is 14.1. The van der Waals surface area contributed by atoms with Crippen molar-refractivity contribution in [1.29, 1.82) is 0 Å². The molecule has 0 saturated carbocycles. The summed E-state index contributed by atoms with van der Waals surface area (Å²) in [5.41, 5.74) is 2.79. The Labute approximate surface area is 480 Å². The smallest absolute Gasteiger partial charge is 0.397 e. The minimum atomic E-state index is -5.18. The standard InChI is InChI=1S/C64H109NO12SSi/c1-7-8-9-10-11-16-23-28-39-48-55(74-58(67)49-40-29-24-19-14-12-17-21-26-33-42-53-44-35-31-36-45-53)51-57(66)65-60-62(61(77-78(70,71)72)56(75-63(60)69)52-73-79(5,6)64(2,3)4)76-59(68)50-41-30-25-20-15-13-18-22-27-34-43-54-46-37-32-38-47-54/h31-32,35-38,44-47,55-56,60-63,69H,7-30,33-34,39-43,48-52H2,1-6H3,(H,65,66)(H,70,71,72)/t55-,56+,60+,61+,62+,63?/m0/s1. The van der Waals surface area contributed by atoms with Crippen LogP contribution in [0.2, 0.25) is 18.1 Å². The van der Waals surface area contributed by atoms with Gasteiger partial charge in [0, 0.05) is 12.8 Å². The monoisotopic (exact) mass is 1140 g/mol. The Morgan fingerprint density at radius 1 is 0.608 bits per heavy atom. The number of carbonyl (C=O) groups is 3. The van der Waals surface area contributed by atoms with E-state index in [2.05, 4.69) is 66.8 Å². The van der Waals surface area contributed by atoms with E-state index in [-0.39, 0.29) is 36.9 Å². The fraction of sp³-hybridized carbons (Fsp3) is 0.766. The molecule has 2 aromatic carbocycles. The highest BCUT2D eigenvalue weighted by Gasteiger charge is 2.52. The lowest BCUT2D eigenvalue weighted by molar-refractivity contribution is -0.253. The third kappa shape index (κ3) is 32.9. The molecule has 3 rings (SSSR count). The lowest BCUT2D eigenvalue weighted by Gasteiger charge is -2.45. The highest BCUT2D eigenvalue weighted by Crippen LogP contribution is 2.38. The van der Waals surface area contributed by atoms with Gasteiger partial charge in [-0.1, -0.05) is 242 Å². The van der Waals surface area contributed by atoms with Crippen molar-refractivity contribution in [2.75, 3.05) is 6.61 Å². The summed E-state index contributed by atoms with van der Waals surface area (Å²) in [6.07, 6.45) is 27.1. The maximum Gasteiger partial charge on any atom is 0.397 e.